The molecule has 0 fully saturated rings. The molecule has 3 nitrogen and oxygen atoms in total. The molecule has 1 heterocycles. The molecule has 0 aromatic carbocycles. The van der Waals surface area contributed by atoms with E-state index < -0.39 is 0 Å². The normalized spacial score (nSPS) is 9.17. The van der Waals surface area contributed by atoms with E-state index in [1.807, 2.05) is 0 Å². The van der Waals surface area contributed by atoms with Gasteiger partial charge in [0.05, 0.1) is 11.8 Å². The fraction of sp³-hybridized carbons (Fsp3) is 0.375. The zero-order valence-electron chi connectivity index (χ0n) is 6.84. The van der Waals surface area contributed by atoms with Crippen LogP contribution in [0.2, 0.25) is 0 Å². The predicted octanol–water partition coefficient (Wildman–Crippen LogP) is 0.983. The molecule has 0 amide bonds. The smallest absolute Gasteiger partial charge is 0.137 e. The Morgan fingerprint density at radius 1 is 1.75 bits per heavy atom. The summed E-state index contributed by atoms with van der Waals surface area (Å²) in [6, 6.07) is 0. The molecule has 0 unspecified atom stereocenters. The maximum Gasteiger partial charge on any atom is 0.137 e. The first kappa shape index (κ1) is 8.95. The highest BCUT2D eigenvalue weighted by molar-refractivity contribution is 6.18. The molecule has 0 radical (unpaired) electrons. The van der Waals surface area contributed by atoms with E-state index in [0.29, 0.717) is 18.1 Å². The van der Waals surface area contributed by atoms with Crippen molar-refractivity contribution in [1.82, 2.24) is 9.78 Å². The average molecular weight is 184 g/mol. The summed E-state index contributed by atoms with van der Waals surface area (Å²) in [6.07, 6.45) is 2.33. The standard InChI is InChI=1S/C8H10ClN3/c1-12-8(10)7(6-11-12)4-2-3-5-9/h6H,3,5,10H2,1H3. The Hall–Kier alpha value is -1.14. The number of nitrogens with zero attached hydrogens (tertiary/aromatic N) is 2. The fourth-order valence-corrected chi connectivity index (χ4v) is 0.843. The lowest BCUT2D eigenvalue weighted by molar-refractivity contribution is 0.779. The lowest BCUT2D eigenvalue weighted by atomic mass is 10.3. The average Bonchev–Trinajstić information content (AvgIpc) is 2.36. The summed E-state index contributed by atoms with van der Waals surface area (Å²) in [7, 11) is 1.78. The van der Waals surface area contributed by atoms with Gasteiger partial charge in [-0.2, -0.15) is 5.10 Å². The first-order valence-corrected chi connectivity index (χ1v) is 4.11. The van der Waals surface area contributed by atoms with Gasteiger partial charge in [-0.1, -0.05) is 11.8 Å². The van der Waals surface area contributed by atoms with Crippen LogP contribution in [0, 0.1) is 11.8 Å². The number of halogens is 1. The lowest BCUT2D eigenvalue weighted by Crippen LogP contribution is -1.98. The highest BCUT2D eigenvalue weighted by Gasteiger charge is 1.98. The first-order chi connectivity index (χ1) is 5.75. The van der Waals surface area contributed by atoms with Gasteiger partial charge in [0.1, 0.15) is 5.82 Å². The van der Waals surface area contributed by atoms with E-state index in [1.165, 1.54) is 0 Å². The fourth-order valence-electron chi connectivity index (χ4n) is 0.748. The van der Waals surface area contributed by atoms with Crippen molar-refractivity contribution in [3.05, 3.63) is 11.8 Å². The van der Waals surface area contributed by atoms with Crippen LogP contribution in [0.4, 0.5) is 5.82 Å². The Morgan fingerprint density at radius 3 is 3.00 bits per heavy atom. The largest absolute Gasteiger partial charge is 0.383 e. The lowest BCUT2D eigenvalue weighted by Gasteiger charge is -1.91. The molecule has 64 valence electrons. The van der Waals surface area contributed by atoms with Crippen molar-refractivity contribution < 1.29 is 0 Å². The van der Waals surface area contributed by atoms with E-state index in [1.54, 1.807) is 17.9 Å². The van der Waals surface area contributed by atoms with E-state index in [0.717, 1.165) is 5.56 Å². The van der Waals surface area contributed by atoms with Crippen LogP contribution >= 0.6 is 11.6 Å². The molecule has 0 bridgehead atoms. The predicted molar refractivity (Wildman–Crippen MR) is 49.8 cm³/mol. The Kier molecular flexibility index (Phi) is 3.01. The third kappa shape index (κ3) is 1.93. The number of nitrogens with two attached hydrogens (primary N) is 1. The molecular formula is C8H10ClN3. The van der Waals surface area contributed by atoms with Gasteiger partial charge in [0, 0.05) is 19.3 Å². The Balaban J connectivity index is 2.78. The highest BCUT2D eigenvalue weighted by atomic mass is 35.5. The van der Waals surface area contributed by atoms with Crippen molar-refractivity contribution in [1.29, 1.82) is 0 Å². The molecule has 4 heteroatoms. The monoisotopic (exact) mass is 183 g/mol. The zero-order valence-corrected chi connectivity index (χ0v) is 7.60. The summed E-state index contributed by atoms with van der Waals surface area (Å²) in [5.74, 6) is 6.93. The number of hydrogen-bond acceptors (Lipinski definition) is 2. The quantitative estimate of drug-likeness (QED) is 0.521. The van der Waals surface area contributed by atoms with E-state index >= 15 is 0 Å². The molecule has 0 saturated carbocycles. The summed E-state index contributed by atoms with van der Waals surface area (Å²) < 4.78 is 1.59. The number of alkyl halides is 1. The third-order valence-electron chi connectivity index (χ3n) is 1.43. The van der Waals surface area contributed by atoms with Crippen LogP contribution in [0.1, 0.15) is 12.0 Å². The summed E-state index contributed by atoms with van der Waals surface area (Å²) in [5, 5.41) is 3.95. The van der Waals surface area contributed by atoms with Gasteiger partial charge in [0.15, 0.2) is 0 Å². The van der Waals surface area contributed by atoms with Crippen molar-refractivity contribution in [2.45, 2.75) is 6.42 Å². The second-order valence-electron chi connectivity index (χ2n) is 2.31. The van der Waals surface area contributed by atoms with Crippen LogP contribution < -0.4 is 5.73 Å². The Labute approximate surface area is 76.5 Å². The van der Waals surface area contributed by atoms with E-state index in [2.05, 4.69) is 16.9 Å². The van der Waals surface area contributed by atoms with Crippen LogP contribution in [0.3, 0.4) is 0 Å². The molecule has 0 atom stereocenters. The van der Waals surface area contributed by atoms with Crippen molar-refractivity contribution in [3.8, 4) is 11.8 Å². The molecule has 12 heavy (non-hydrogen) atoms. The van der Waals surface area contributed by atoms with Crippen LogP contribution in [-0.2, 0) is 7.05 Å². The molecule has 1 aromatic heterocycles. The molecule has 0 spiro atoms. The number of anilines is 1. The van der Waals surface area contributed by atoms with Crippen molar-refractivity contribution in [2.24, 2.45) is 7.05 Å². The van der Waals surface area contributed by atoms with Gasteiger partial charge in [0.2, 0.25) is 0 Å². The molecule has 0 aliphatic rings. The van der Waals surface area contributed by atoms with E-state index in [-0.39, 0.29) is 0 Å². The van der Waals surface area contributed by atoms with Crippen molar-refractivity contribution >= 4 is 17.4 Å². The number of hydrogen-bond donors (Lipinski definition) is 1. The van der Waals surface area contributed by atoms with Gasteiger partial charge in [-0.3, -0.25) is 4.68 Å². The molecule has 1 aromatic rings. The second-order valence-corrected chi connectivity index (χ2v) is 2.69. The SMILES string of the molecule is Cn1ncc(C#CCCCl)c1N. The molecule has 0 aliphatic heterocycles. The van der Waals surface area contributed by atoms with Crippen molar-refractivity contribution in [2.75, 3.05) is 11.6 Å². The Morgan fingerprint density at radius 2 is 2.50 bits per heavy atom. The van der Waals surface area contributed by atoms with Crippen LogP contribution in [0.25, 0.3) is 0 Å². The zero-order chi connectivity index (χ0) is 8.97. The van der Waals surface area contributed by atoms with Gasteiger partial charge in [-0.05, 0) is 0 Å². The maximum atomic E-state index is 5.65. The van der Waals surface area contributed by atoms with Crippen LogP contribution in [0.5, 0.6) is 0 Å². The highest BCUT2D eigenvalue weighted by Crippen LogP contribution is 2.06. The number of rotatable bonds is 1. The minimum absolute atomic E-state index is 0.549. The summed E-state index contributed by atoms with van der Waals surface area (Å²) >= 11 is 5.46. The molecule has 1 rings (SSSR count). The van der Waals surface area contributed by atoms with Gasteiger partial charge < -0.3 is 5.73 Å². The molecular weight excluding hydrogens is 174 g/mol. The van der Waals surface area contributed by atoms with Gasteiger partial charge in [-0.25, -0.2) is 0 Å². The minimum atomic E-state index is 0.549. The Bertz CT molecular complexity index is 319. The van der Waals surface area contributed by atoms with Crippen molar-refractivity contribution in [3.63, 3.8) is 0 Å². The van der Waals surface area contributed by atoms with E-state index in [9.17, 15) is 0 Å². The summed E-state index contributed by atoms with van der Waals surface area (Å²) in [5.41, 5.74) is 6.42. The number of nitrogen functional groups attached to an aromatic ring is 1. The molecule has 2 N–H and O–H groups in total. The summed E-state index contributed by atoms with van der Waals surface area (Å²) in [6.45, 7) is 0. The van der Waals surface area contributed by atoms with Gasteiger partial charge >= 0.3 is 0 Å². The molecule has 0 aliphatic carbocycles. The third-order valence-corrected chi connectivity index (χ3v) is 1.62. The van der Waals surface area contributed by atoms with Crippen LogP contribution in [-0.4, -0.2) is 15.7 Å². The first-order valence-electron chi connectivity index (χ1n) is 3.58. The summed E-state index contributed by atoms with van der Waals surface area (Å²) in [4.78, 5) is 0. The maximum absolute atomic E-state index is 5.65. The van der Waals surface area contributed by atoms with E-state index in [4.69, 9.17) is 17.3 Å². The number of aryl methyl sites for hydroxylation is 1. The topological polar surface area (TPSA) is 43.8 Å². The number of aromatic nitrogens is 2. The van der Waals surface area contributed by atoms with Crippen LogP contribution in [0.15, 0.2) is 6.20 Å². The second kappa shape index (κ2) is 4.03. The molecule has 0 saturated heterocycles. The minimum Gasteiger partial charge on any atom is -0.383 e. The van der Waals surface area contributed by atoms with Gasteiger partial charge in [-0.15, -0.1) is 11.6 Å². The van der Waals surface area contributed by atoms with Gasteiger partial charge in [0.25, 0.3) is 0 Å².